The van der Waals surface area contributed by atoms with Gasteiger partial charge in [0.1, 0.15) is 11.5 Å². The van der Waals surface area contributed by atoms with Crippen LogP contribution in [0, 0.1) is 0 Å². The first kappa shape index (κ1) is 21.0. The lowest BCUT2D eigenvalue weighted by Gasteiger charge is -2.09. The van der Waals surface area contributed by atoms with Gasteiger partial charge in [0, 0.05) is 25.6 Å². The van der Waals surface area contributed by atoms with Gasteiger partial charge >= 0.3 is 5.97 Å². The van der Waals surface area contributed by atoms with Gasteiger partial charge in [0.05, 0.1) is 13.0 Å². The van der Waals surface area contributed by atoms with Crippen molar-refractivity contribution in [2.24, 2.45) is 0 Å². The second kappa shape index (κ2) is 11.4. The van der Waals surface area contributed by atoms with Crippen LogP contribution in [0.4, 0.5) is 0 Å². The number of benzene rings is 2. The van der Waals surface area contributed by atoms with Crippen LogP contribution in [0.1, 0.15) is 30.1 Å². The molecule has 2 aromatic rings. The van der Waals surface area contributed by atoms with Crippen LogP contribution >= 0.6 is 0 Å². The number of ether oxygens (including phenoxy) is 2. The quantitative estimate of drug-likeness (QED) is 0.372. The zero-order valence-electron chi connectivity index (χ0n) is 15.8. The smallest absolute Gasteiger partial charge is 0.308 e. The number of para-hydroxylation sites is 1. The van der Waals surface area contributed by atoms with Gasteiger partial charge in [-0.05, 0) is 36.8 Å². The van der Waals surface area contributed by atoms with E-state index >= 15 is 0 Å². The number of nitrogens with one attached hydrogen (secondary N) is 2. The zero-order chi connectivity index (χ0) is 20.2. The first-order valence-corrected chi connectivity index (χ1v) is 9.06. The highest BCUT2D eigenvalue weighted by Crippen LogP contribution is 2.13. The van der Waals surface area contributed by atoms with E-state index in [0.29, 0.717) is 37.4 Å². The van der Waals surface area contributed by atoms with Gasteiger partial charge in [0.25, 0.3) is 5.91 Å². The van der Waals surface area contributed by atoms with Crippen LogP contribution in [0.3, 0.4) is 0 Å². The minimum atomic E-state index is -0.442. The predicted octanol–water partition coefficient (Wildman–Crippen LogP) is 2.32. The SMILES string of the molecule is CC(=O)Oc1cccc(C(=O)NCCCNC(=O)CCOc2ccccc2)c1. The Labute approximate surface area is 164 Å². The Hall–Kier alpha value is -3.35. The molecule has 0 aromatic heterocycles. The molecule has 0 atom stereocenters. The Morgan fingerprint density at radius 1 is 0.893 bits per heavy atom. The van der Waals surface area contributed by atoms with Crippen molar-refractivity contribution in [3.05, 3.63) is 60.2 Å². The summed E-state index contributed by atoms with van der Waals surface area (Å²) in [5.74, 6) is 0.247. The van der Waals surface area contributed by atoms with Crippen molar-refractivity contribution in [1.29, 1.82) is 0 Å². The summed E-state index contributed by atoms with van der Waals surface area (Å²) in [6.45, 7) is 2.48. The summed E-state index contributed by atoms with van der Waals surface area (Å²) in [7, 11) is 0. The van der Waals surface area contributed by atoms with E-state index < -0.39 is 5.97 Å². The Kier molecular flexibility index (Phi) is 8.52. The Balaban J connectivity index is 1.58. The highest BCUT2D eigenvalue weighted by Gasteiger charge is 2.07. The molecule has 7 nitrogen and oxygen atoms in total. The number of hydrogen-bond acceptors (Lipinski definition) is 5. The summed E-state index contributed by atoms with van der Waals surface area (Å²) in [4.78, 5) is 34.8. The summed E-state index contributed by atoms with van der Waals surface area (Å²) >= 11 is 0. The molecule has 0 spiro atoms. The van der Waals surface area contributed by atoms with Crippen LogP contribution in [0.25, 0.3) is 0 Å². The molecule has 28 heavy (non-hydrogen) atoms. The second-order valence-electron chi connectivity index (χ2n) is 5.99. The molecule has 0 radical (unpaired) electrons. The van der Waals surface area contributed by atoms with Gasteiger partial charge in [-0.2, -0.15) is 0 Å². The van der Waals surface area contributed by atoms with Gasteiger partial charge in [-0.25, -0.2) is 0 Å². The summed E-state index contributed by atoms with van der Waals surface area (Å²) in [5.41, 5.74) is 0.404. The first-order chi connectivity index (χ1) is 13.5. The highest BCUT2D eigenvalue weighted by molar-refractivity contribution is 5.94. The Morgan fingerprint density at radius 3 is 2.36 bits per heavy atom. The van der Waals surface area contributed by atoms with Crippen LogP contribution in [-0.4, -0.2) is 37.5 Å². The van der Waals surface area contributed by atoms with Crippen molar-refractivity contribution >= 4 is 17.8 Å². The molecule has 0 bridgehead atoms. The third-order valence-electron chi connectivity index (χ3n) is 3.66. The Bertz CT molecular complexity index is 792. The molecular weight excluding hydrogens is 360 g/mol. The van der Waals surface area contributed by atoms with Crippen molar-refractivity contribution in [3.8, 4) is 11.5 Å². The molecular formula is C21H24N2O5. The van der Waals surface area contributed by atoms with Gasteiger partial charge in [0.2, 0.25) is 5.91 Å². The topological polar surface area (TPSA) is 93.7 Å². The molecule has 2 rings (SSSR count). The number of hydrogen-bond donors (Lipinski definition) is 2. The Morgan fingerprint density at radius 2 is 1.61 bits per heavy atom. The zero-order valence-corrected chi connectivity index (χ0v) is 15.8. The van der Waals surface area contributed by atoms with Crippen LogP contribution in [0.5, 0.6) is 11.5 Å². The van der Waals surface area contributed by atoms with Gasteiger partial charge in [0.15, 0.2) is 0 Å². The molecule has 0 aliphatic heterocycles. The van der Waals surface area contributed by atoms with E-state index in [0.717, 1.165) is 5.75 Å². The summed E-state index contributed by atoms with van der Waals surface area (Å²) in [6, 6.07) is 15.7. The van der Waals surface area contributed by atoms with E-state index in [-0.39, 0.29) is 18.2 Å². The van der Waals surface area contributed by atoms with E-state index in [1.165, 1.54) is 13.0 Å². The van der Waals surface area contributed by atoms with E-state index in [4.69, 9.17) is 9.47 Å². The lowest BCUT2D eigenvalue weighted by atomic mass is 10.2. The molecule has 0 fully saturated rings. The first-order valence-electron chi connectivity index (χ1n) is 9.06. The van der Waals surface area contributed by atoms with Crippen molar-refractivity contribution in [2.75, 3.05) is 19.7 Å². The number of esters is 1. The van der Waals surface area contributed by atoms with Crippen molar-refractivity contribution in [2.45, 2.75) is 19.8 Å². The normalized spacial score (nSPS) is 10.0. The predicted molar refractivity (Wildman–Crippen MR) is 104 cm³/mol. The van der Waals surface area contributed by atoms with Gasteiger partial charge < -0.3 is 20.1 Å². The maximum atomic E-state index is 12.1. The number of amides is 2. The van der Waals surface area contributed by atoms with E-state index in [1.54, 1.807) is 18.2 Å². The standard InChI is InChI=1S/C21H24N2O5/c1-16(24)28-19-10-5-7-17(15-19)21(26)23-13-6-12-22-20(25)11-14-27-18-8-3-2-4-9-18/h2-5,7-10,15H,6,11-14H2,1H3,(H,22,25)(H,23,26). The summed E-state index contributed by atoms with van der Waals surface area (Å²) < 4.78 is 10.4. The van der Waals surface area contributed by atoms with Gasteiger partial charge in [-0.1, -0.05) is 24.3 Å². The average molecular weight is 384 g/mol. The molecule has 0 unspecified atom stereocenters. The third-order valence-corrected chi connectivity index (χ3v) is 3.66. The number of carbonyl (C=O) groups excluding carboxylic acids is 3. The van der Waals surface area contributed by atoms with Crippen LogP contribution in [0.15, 0.2) is 54.6 Å². The van der Waals surface area contributed by atoms with E-state index in [2.05, 4.69) is 10.6 Å². The summed E-state index contributed by atoms with van der Waals surface area (Å²) in [6.07, 6.45) is 0.866. The summed E-state index contributed by atoms with van der Waals surface area (Å²) in [5, 5.41) is 5.55. The molecule has 0 aliphatic carbocycles. The molecule has 7 heteroatoms. The molecule has 2 N–H and O–H groups in total. The monoisotopic (exact) mass is 384 g/mol. The average Bonchev–Trinajstić information content (AvgIpc) is 2.68. The lowest BCUT2D eigenvalue weighted by molar-refractivity contribution is -0.131. The van der Waals surface area contributed by atoms with Crippen molar-refractivity contribution in [3.63, 3.8) is 0 Å². The molecule has 2 amide bonds. The van der Waals surface area contributed by atoms with Crippen molar-refractivity contribution < 1.29 is 23.9 Å². The maximum absolute atomic E-state index is 12.1. The molecule has 0 aliphatic rings. The third kappa shape index (κ3) is 7.90. The van der Waals surface area contributed by atoms with Gasteiger partial charge in [-0.3, -0.25) is 14.4 Å². The fraction of sp³-hybridized carbons (Fsp3) is 0.286. The largest absolute Gasteiger partial charge is 0.493 e. The molecule has 0 saturated heterocycles. The van der Waals surface area contributed by atoms with Crippen molar-refractivity contribution in [1.82, 2.24) is 10.6 Å². The molecule has 0 saturated carbocycles. The molecule has 0 heterocycles. The second-order valence-corrected chi connectivity index (χ2v) is 5.99. The fourth-order valence-electron chi connectivity index (χ4n) is 2.35. The van der Waals surface area contributed by atoms with E-state index in [1.807, 2.05) is 30.3 Å². The maximum Gasteiger partial charge on any atom is 0.308 e. The van der Waals surface area contributed by atoms with Crippen LogP contribution in [0.2, 0.25) is 0 Å². The van der Waals surface area contributed by atoms with Gasteiger partial charge in [-0.15, -0.1) is 0 Å². The molecule has 2 aromatic carbocycles. The highest BCUT2D eigenvalue weighted by atomic mass is 16.5. The number of rotatable bonds is 10. The lowest BCUT2D eigenvalue weighted by Crippen LogP contribution is -2.30. The number of carbonyl (C=O) groups is 3. The van der Waals surface area contributed by atoms with E-state index in [9.17, 15) is 14.4 Å². The molecule has 148 valence electrons. The van der Waals surface area contributed by atoms with Crippen LogP contribution < -0.4 is 20.1 Å². The minimum Gasteiger partial charge on any atom is -0.493 e. The van der Waals surface area contributed by atoms with Crippen LogP contribution in [-0.2, 0) is 9.59 Å². The fourth-order valence-corrected chi connectivity index (χ4v) is 2.35. The minimum absolute atomic E-state index is 0.101.